The highest BCUT2D eigenvalue weighted by atomic mass is 35.5. The van der Waals surface area contributed by atoms with Crippen LogP contribution in [0.4, 0.5) is 11.4 Å². The third-order valence-corrected chi connectivity index (χ3v) is 5.78. The molecule has 0 spiro atoms. The van der Waals surface area contributed by atoms with Crippen LogP contribution < -0.4 is 4.90 Å². The van der Waals surface area contributed by atoms with Crippen LogP contribution in [0.5, 0.6) is 0 Å². The van der Waals surface area contributed by atoms with Crippen molar-refractivity contribution in [3.8, 4) is 0 Å². The highest BCUT2D eigenvalue weighted by Crippen LogP contribution is 2.41. The minimum Gasteiger partial charge on any atom is -0.465 e. The van der Waals surface area contributed by atoms with Gasteiger partial charge in [0.1, 0.15) is 0 Å². The van der Waals surface area contributed by atoms with Crippen molar-refractivity contribution in [2.24, 2.45) is 0 Å². The number of para-hydroxylation sites is 1. The molecule has 2 aromatic rings. The smallest absolute Gasteiger partial charge is 0.351 e. The van der Waals surface area contributed by atoms with Gasteiger partial charge in [-0.3, -0.25) is 0 Å². The molecule has 1 aliphatic rings. The van der Waals surface area contributed by atoms with E-state index in [0.717, 1.165) is 12.7 Å². The number of benzene rings is 2. The van der Waals surface area contributed by atoms with Gasteiger partial charge in [0, 0.05) is 11.2 Å². The van der Waals surface area contributed by atoms with Gasteiger partial charge in [0.15, 0.2) is 4.91 Å². The summed E-state index contributed by atoms with van der Waals surface area (Å²) in [5.74, 6) is -0.908. The SMILES string of the molecule is COC(=O)C1=CN(c2cc(Cl)ccc2C)c2ccccc2S1(=O)=O. The van der Waals surface area contributed by atoms with Gasteiger partial charge in [0.05, 0.1) is 23.4 Å². The number of hydrogen-bond acceptors (Lipinski definition) is 5. The van der Waals surface area contributed by atoms with Crippen molar-refractivity contribution in [2.75, 3.05) is 12.0 Å². The Morgan fingerprint density at radius 1 is 1.12 bits per heavy atom. The van der Waals surface area contributed by atoms with Gasteiger partial charge in [-0.25, -0.2) is 13.2 Å². The zero-order valence-corrected chi connectivity index (χ0v) is 14.6. The van der Waals surface area contributed by atoms with Crippen LogP contribution in [0.3, 0.4) is 0 Å². The Kier molecular flexibility index (Phi) is 4.11. The maximum Gasteiger partial charge on any atom is 0.351 e. The molecule has 0 unspecified atom stereocenters. The number of anilines is 2. The zero-order chi connectivity index (χ0) is 17.5. The number of esters is 1. The van der Waals surface area contributed by atoms with E-state index in [2.05, 4.69) is 4.74 Å². The average Bonchev–Trinajstić information content (AvgIpc) is 2.57. The van der Waals surface area contributed by atoms with Gasteiger partial charge in [-0.15, -0.1) is 0 Å². The van der Waals surface area contributed by atoms with E-state index in [1.807, 2.05) is 13.0 Å². The maximum absolute atomic E-state index is 12.7. The van der Waals surface area contributed by atoms with Crippen LogP contribution in [0.25, 0.3) is 0 Å². The average molecular weight is 364 g/mol. The molecular weight excluding hydrogens is 350 g/mol. The predicted molar refractivity (Wildman–Crippen MR) is 92.1 cm³/mol. The van der Waals surface area contributed by atoms with Gasteiger partial charge in [-0.05, 0) is 36.8 Å². The quantitative estimate of drug-likeness (QED) is 0.763. The molecule has 3 rings (SSSR count). The second kappa shape index (κ2) is 5.96. The summed E-state index contributed by atoms with van der Waals surface area (Å²) in [6.07, 6.45) is 1.28. The van der Waals surface area contributed by atoms with E-state index >= 15 is 0 Å². The number of carbonyl (C=O) groups is 1. The van der Waals surface area contributed by atoms with E-state index < -0.39 is 20.7 Å². The Morgan fingerprint density at radius 2 is 1.83 bits per heavy atom. The lowest BCUT2D eigenvalue weighted by atomic mass is 10.1. The first kappa shape index (κ1) is 16.5. The number of fused-ring (bicyclic) bond motifs is 1. The van der Waals surface area contributed by atoms with Gasteiger partial charge in [-0.1, -0.05) is 29.8 Å². The van der Waals surface area contributed by atoms with Crippen molar-refractivity contribution >= 4 is 38.8 Å². The lowest BCUT2D eigenvalue weighted by Gasteiger charge is -2.29. The first-order chi connectivity index (χ1) is 11.4. The van der Waals surface area contributed by atoms with Crippen LogP contribution in [-0.4, -0.2) is 21.5 Å². The second-order valence-corrected chi connectivity index (χ2v) is 7.58. The summed E-state index contributed by atoms with van der Waals surface area (Å²) in [4.78, 5) is 13.3. The molecule has 0 aromatic heterocycles. The first-order valence-electron chi connectivity index (χ1n) is 7.06. The van der Waals surface area contributed by atoms with Crippen molar-refractivity contribution in [3.05, 3.63) is 64.2 Å². The summed E-state index contributed by atoms with van der Waals surface area (Å²) >= 11 is 6.09. The highest BCUT2D eigenvalue weighted by molar-refractivity contribution is 7.96. The van der Waals surface area contributed by atoms with Crippen LogP contribution >= 0.6 is 11.6 Å². The summed E-state index contributed by atoms with van der Waals surface area (Å²) in [5.41, 5.74) is 2.02. The number of sulfone groups is 1. The van der Waals surface area contributed by atoms with Crippen molar-refractivity contribution < 1.29 is 17.9 Å². The molecule has 2 aromatic carbocycles. The summed E-state index contributed by atoms with van der Waals surface area (Å²) in [6.45, 7) is 1.88. The molecule has 5 nitrogen and oxygen atoms in total. The Hall–Kier alpha value is -2.31. The Labute approximate surface area is 145 Å². The molecule has 0 saturated heterocycles. The Morgan fingerprint density at radius 3 is 2.54 bits per heavy atom. The number of halogens is 1. The molecule has 1 heterocycles. The normalized spacial score (nSPS) is 15.5. The van der Waals surface area contributed by atoms with E-state index in [4.69, 9.17) is 11.6 Å². The molecule has 124 valence electrons. The van der Waals surface area contributed by atoms with Gasteiger partial charge in [0.25, 0.3) is 0 Å². The van der Waals surface area contributed by atoms with Crippen LogP contribution in [-0.2, 0) is 19.4 Å². The molecule has 0 radical (unpaired) electrons. The number of aryl methyl sites for hydroxylation is 1. The van der Waals surface area contributed by atoms with E-state index in [1.165, 1.54) is 12.3 Å². The molecule has 0 N–H and O–H groups in total. The van der Waals surface area contributed by atoms with E-state index in [0.29, 0.717) is 16.4 Å². The molecule has 0 bridgehead atoms. The number of methoxy groups -OCH3 is 1. The summed E-state index contributed by atoms with van der Waals surface area (Å²) in [5, 5.41) is 0.509. The summed E-state index contributed by atoms with van der Waals surface area (Å²) < 4.78 is 30.1. The fourth-order valence-electron chi connectivity index (χ4n) is 2.56. The molecule has 0 fully saturated rings. The monoisotopic (exact) mass is 363 g/mol. The van der Waals surface area contributed by atoms with Crippen molar-refractivity contribution in [1.82, 2.24) is 0 Å². The van der Waals surface area contributed by atoms with Gasteiger partial charge in [-0.2, -0.15) is 0 Å². The van der Waals surface area contributed by atoms with Crippen LogP contribution in [0, 0.1) is 6.92 Å². The van der Waals surface area contributed by atoms with Gasteiger partial charge >= 0.3 is 5.97 Å². The number of nitrogens with zero attached hydrogens (tertiary/aromatic N) is 1. The molecule has 1 aliphatic heterocycles. The number of carbonyl (C=O) groups excluding carboxylic acids is 1. The largest absolute Gasteiger partial charge is 0.465 e. The minimum atomic E-state index is -3.95. The molecule has 0 aliphatic carbocycles. The van der Waals surface area contributed by atoms with Gasteiger partial charge in [0.2, 0.25) is 9.84 Å². The molecule has 0 amide bonds. The molecular formula is C17H14ClNO4S. The maximum atomic E-state index is 12.7. The Balaban J connectivity index is 2.32. The lowest BCUT2D eigenvalue weighted by Crippen LogP contribution is -2.26. The van der Waals surface area contributed by atoms with Gasteiger partial charge < -0.3 is 9.64 Å². The van der Waals surface area contributed by atoms with E-state index in [1.54, 1.807) is 35.2 Å². The molecule has 7 heteroatoms. The summed E-state index contributed by atoms with van der Waals surface area (Å²) in [6, 6.07) is 11.8. The van der Waals surface area contributed by atoms with E-state index in [-0.39, 0.29) is 4.90 Å². The first-order valence-corrected chi connectivity index (χ1v) is 8.92. The second-order valence-electron chi connectivity index (χ2n) is 5.26. The zero-order valence-electron chi connectivity index (χ0n) is 13.0. The van der Waals surface area contributed by atoms with E-state index in [9.17, 15) is 13.2 Å². The van der Waals surface area contributed by atoms with Crippen LogP contribution in [0.2, 0.25) is 5.02 Å². The van der Waals surface area contributed by atoms with Crippen molar-refractivity contribution in [3.63, 3.8) is 0 Å². The third-order valence-electron chi connectivity index (χ3n) is 3.77. The lowest BCUT2D eigenvalue weighted by molar-refractivity contribution is -0.135. The fourth-order valence-corrected chi connectivity index (χ4v) is 4.21. The van der Waals surface area contributed by atoms with Crippen LogP contribution in [0.15, 0.2) is 58.5 Å². The predicted octanol–water partition coefficient (Wildman–Crippen LogP) is 3.59. The number of ether oxygens (including phenoxy) is 1. The Bertz CT molecular complexity index is 966. The standard InChI is InChI=1S/C17H14ClNO4S/c1-11-7-8-12(18)9-14(11)19-10-16(17(20)23-2)24(21,22)15-6-4-3-5-13(15)19/h3-10H,1-2H3. The van der Waals surface area contributed by atoms with Crippen molar-refractivity contribution in [1.29, 1.82) is 0 Å². The number of hydrogen-bond donors (Lipinski definition) is 0. The molecule has 0 saturated carbocycles. The van der Waals surface area contributed by atoms with Crippen molar-refractivity contribution in [2.45, 2.75) is 11.8 Å². The third kappa shape index (κ3) is 2.57. The fraction of sp³-hybridized carbons (Fsp3) is 0.118. The van der Waals surface area contributed by atoms with Crippen LogP contribution in [0.1, 0.15) is 5.56 Å². The summed E-state index contributed by atoms with van der Waals surface area (Å²) in [7, 11) is -2.80. The highest BCUT2D eigenvalue weighted by Gasteiger charge is 2.36. The minimum absolute atomic E-state index is 0.0484. The molecule has 24 heavy (non-hydrogen) atoms. The molecule has 0 atom stereocenters. The number of rotatable bonds is 2. The topological polar surface area (TPSA) is 63.7 Å².